The number of ether oxygens (including phenoxy) is 2. The summed E-state index contributed by atoms with van der Waals surface area (Å²) < 4.78 is 11.0. The van der Waals surface area contributed by atoms with E-state index < -0.39 is 17.6 Å². The number of carbonyl (C=O) groups excluding carboxylic acids is 3. The van der Waals surface area contributed by atoms with Crippen LogP contribution >= 0.6 is 11.8 Å². The first-order valence-corrected chi connectivity index (χ1v) is 10.6. The molecule has 1 fully saturated rings. The van der Waals surface area contributed by atoms with Gasteiger partial charge < -0.3 is 14.8 Å². The highest BCUT2D eigenvalue weighted by atomic mass is 32.2. The van der Waals surface area contributed by atoms with Gasteiger partial charge in [-0.15, -0.1) is 11.8 Å². The lowest BCUT2D eigenvalue weighted by atomic mass is 10.0. The van der Waals surface area contributed by atoms with Gasteiger partial charge in [-0.3, -0.25) is 14.5 Å². The van der Waals surface area contributed by atoms with Crippen LogP contribution in [0, 0.1) is 0 Å². The van der Waals surface area contributed by atoms with Gasteiger partial charge in [-0.1, -0.05) is 18.2 Å². The highest BCUT2D eigenvalue weighted by molar-refractivity contribution is 8.00. The maximum absolute atomic E-state index is 12.9. The molecule has 7 nitrogen and oxygen atoms in total. The molecule has 1 aromatic rings. The Balaban J connectivity index is 1.80. The highest BCUT2D eigenvalue weighted by Gasteiger charge is 2.54. The fourth-order valence-corrected chi connectivity index (χ4v) is 4.48. The molecule has 156 valence electrons. The van der Waals surface area contributed by atoms with Crippen LogP contribution in [0.15, 0.2) is 41.6 Å². The van der Waals surface area contributed by atoms with Gasteiger partial charge in [0.2, 0.25) is 0 Å². The summed E-state index contributed by atoms with van der Waals surface area (Å²) in [6.45, 7) is 7.98. The van der Waals surface area contributed by atoms with Crippen molar-refractivity contribution < 1.29 is 23.9 Å². The van der Waals surface area contributed by atoms with Crippen molar-refractivity contribution in [1.29, 1.82) is 0 Å². The fourth-order valence-electron chi connectivity index (χ4n) is 3.15. The van der Waals surface area contributed by atoms with Crippen molar-refractivity contribution in [2.45, 2.75) is 44.7 Å². The Morgan fingerprint density at radius 3 is 2.55 bits per heavy atom. The van der Waals surface area contributed by atoms with E-state index in [9.17, 15) is 14.4 Å². The van der Waals surface area contributed by atoms with Gasteiger partial charge in [-0.25, -0.2) is 4.79 Å². The van der Waals surface area contributed by atoms with Crippen LogP contribution in [0.4, 0.5) is 0 Å². The van der Waals surface area contributed by atoms with Crippen LogP contribution in [-0.2, 0) is 19.1 Å². The summed E-state index contributed by atoms with van der Waals surface area (Å²) in [7, 11) is 0. The monoisotopic (exact) mass is 418 g/mol. The summed E-state index contributed by atoms with van der Waals surface area (Å²) in [4.78, 5) is 39.6. The van der Waals surface area contributed by atoms with Gasteiger partial charge in [0.1, 0.15) is 22.7 Å². The predicted octanol–water partition coefficient (Wildman–Crippen LogP) is 2.33. The average Bonchev–Trinajstić information content (AvgIpc) is 2.68. The molecule has 0 aliphatic carbocycles. The van der Waals surface area contributed by atoms with Gasteiger partial charge in [-0.2, -0.15) is 0 Å². The molecule has 0 radical (unpaired) electrons. The van der Waals surface area contributed by atoms with Crippen molar-refractivity contribution in [3.63, 3.8) is 0 Å². The number of rotatable bonds is 6. The zero-order valence-corrected chi connectivity index (χ0v) is 17.9. The third-order valence-electron chi connectivity index (χ3n) is 4.44. The molecule has 2 aliphatic heterocycles. The maximum atomic E-state index is 12.9. The van der Waals surface area contributed by atoms with Crippen molar-refractivity contribution in [1.82, 2.24) is 10.2 Å². The predicted molar refractivity (Wildman–Crippen MR) is 110 cm³/mol. The van der Waals surface area contributed by atoms with Crippen molar-refractivity contribution >= 4 is 29.5 Å². The molecule has 3 rings (SSSR count). The van der Waals surface area contributed by atoms with Gasteiger partial charge in [-0.05, 0) is 45.4 Å². The molecular formula is C21H26N2O5S. The molecule has 29 heavy (non-hydrogen) atoms. The Kier molecular flexibility index (Phi) is 6.33. The van der Waals surface area contributed by atoms with E-state index in [1.165, 1.54) is 16.7 Å². The first-order chi connectivity index (χ1) is 13.7. The second-order valence-electron chi connectivity index (χ2n) is 7.82. The number of esters is 1. The number of benzene rings is 1. The summed E-state index contributed by atoms with van der Waals surface area (Å²) in [5, 5.41) is 2.45. The summed E-state index contributed by atoms with van der Waals surface area (Å²) in [5.41, 5.74) is 0.769. The van der Waals surface area contributed by atoms with E-state index >= 15 is 0 Å². The van der Waals surface area contributed by atoms with Gasteiger partial charge in [0.05, 0.1) is 6.61 Å². The highest BCUT2D eigenvalue weighted by Crippen LogP contribution is 2.41. The van der Waals surface area contributed by atoms with E-state index in [-0.39, 0.29) is 29.5 Å². The molecule has 0 saturated carbocycles. The summed E-state index contributed by atoms with van der Waals surface area (Å²) in [5.74, 6) is -0.645. The van der Waals surface area contributed by atoms with Crippen molar-refractivity contribution in [2.24, 2.45) is 0 Å². The molecule has 0 unspecified atom stereocenters. The molecule has 2 amide bonds. The zero-order valence-electron chi connectivity index (χ0n) is 17.1. The van der Waals surface area contributed by atoms with Crippen LogP contribution in [0.25, 0.3) is 0 Å². The van der Waals surface area contributed by atoms with Crippen LogP contribution in [0.1, 0.15) is 38.1 Å². The molecule has 1 N–H and O–H groups in total. The molecular weight excluding hydrogens is 392 g/mol. The zero-order chi connectivity index (χ0) is 21.2. The Hall–Kier alpha value is -2.32. The minimum Gasteiger partial charge on any atom is -0.455 e. The first kappa shape index (κ1) is 21.4. The topological polar surface area (TPSA) is 84.9 Å². The molecule has 2 heterocycles. The van der Waals surface area contributed by atoms with Crippen LogP contribution in [0.5, 0.6) is 0 Å². The lowest BCUT2D eigenvalue weighted by Gasteiger charge is -2.50. The minimum absolute atomic E-state index is 0.243. The van der Waals surface area contributed by atoms with E-state index in [1.807, 2.05) is 13.0 Å². The van der Waals surface area contributed by atoms with Crippen LogP contribution in [0.2, 0.25) is 0 Å². The molecule has 2 atom stereocenters. The third-order valence-corrected chi connectivity index (χ3v) is 5.78. The van der Waals surface area contributed by atoms with Gasteiger partial charge in [0.15, 0.2) is 0 Å². The summed E-state index contributed by atoms with van der Waals surface area (Å²) in [6, 6.07) is 8.05. The number of fused-ring (bicyclic) bond motifs is 1. The minimum atomic E-state index is -0.685. The number of amides is 2. The van der Waals surface area contributed by atoms with E-state index in [1.54, 1.807) is 45.0 Å². The third kappa shape index (κ3) is 4.64. The Morgan fingerprint density at radius 1 is 1.24 bits per heavy atom. The van der Waals surface area contributed by atoms with Crippen molar-refractivity contribution in [3.8, 4) is 0 Å². The normalized spacial score (nSPS) is 21.4. The van der Waals surface area contributed by atoms with Crippen LogP contribution < -0.4 is 5.32 Å². The van der Waals surface area contributed by atoms with Crippen molar-refractivity contribution in [3.05, 3.63) is 47.2 Å². The van der Waals surface area contributed by atoms with Crippen molar-refractivity contribution in [2.75, 3.05) is 19.0 Å². The molecule has 1 aromatic carbocycles. The maximum Gasteiger partial charge on any atom is 0.355 e. The van der Waals surface area contributed by atoms with Gasteiger partial charge in [0, 0.05) is 17.9 Å². The molecule has 0 spiro atoms. The van der Waals surface area contributed by atoms with Crippen LogP contribution in [0.3, 0.4) is 0 Å². The van der Waals surface area contributed by atoms with E-state index in [0.717, 1.165) is 5.57 Å². The van der Waals surface area contributed by atoms with Gasteiger partial charge in [0.25, 0.3) is 11.8 Å². The average molecular weight is 419 g/mol. The Labute approximate surface area is 174 Å². The number of hydrogen-bond acceptors (Lipinski definition) is 6. The largest absolute Gasteiger partial charge is 0.455 e. The first-order valence-electron chi connectivity index (χ1n) is 9.56. The second-order valence-corrected chi connectivity index (χ2v) is 8.92. The number of thioether (sulfide) groups is 1. The Morgan fingerprint density at radius 2 is 1.93 bits per heavy atom. The van der Waals surface area contributed by atoms with Gasteiger partial charge >= 0.3 is 5.97 Å². The van der Waals surface area contributed by atoms with Crippen LogP contribution in [-0.4, -0.2) is 58.7 Å². The second kappa shape index (κ2) is 8.59. The fraction of sp³-hybridized carbons (Fsp3) is 0.476. The number of hydrogen-bond donors (Lipinski definition) is 1. The number of carbonyl (C=O) groups is 3. The number of nitrogens with zero attached hydrogens (tertiary/aromatic N) is 1. The molecule has 0 aromatic heterocycles. The Bertz CT molecular complexity index is 831. The summed E-state index contributed by atoms with van der Waals surface area (Å²) >= 11 is 1.50. The standard InChI is InChI=1S/C21H26N2O5S/c1-5-27-11-14-12-29-19-15(22-17(24)13-9-7-6-8-10-13)18(25)23(19)16(14)20(26)28-21(2,3)4/h6-10,15,19H,5,11-12H2,1-4H3,(H,22,24)/t15-,19-/m1/s1. The van der Waals surface area contributed by atoms with E-state index in [0.29, 0.717) is 17.9 Å². The lowest BCUT2D eigenvalue weighted by Crippen LogP contribution is -2.70. The quantitative estimate of drug-likeness (QED) is 0.564. The number of β-lactam (4-membered cyclic amide) rings is 1. The smallest absolute Gasteiger partial charge is 0.355 e. The molecule has 1 saturated heterocycles. The SMILES string of the molecule is CCOCC1=C(C(=O)OC(C)(C)C)N2C(=O)[C@@H](NC(=O)c3ccccc3)[C@H]2SC1. The van der Waals surface area contributed by atoms with E-state index in [2.05, 4.69) is 5.32 Å². The molecule has 0 bridgehead atoms. The number of nitrogens with one attached hydrogen (secondary N) is 1. The summed E-state index contributed by atoms with van der Waals surface area (Å²) in [6.07, 6.45) is 0. The molecule has 8 heteroatoms. The van der Waals surface area contributed by atoms with E-state index in [4.69, 9.17) is 9.47 Å². The lowest BCUT2D eigenvalue weighted by molar-refractivity contribution is -0.158. The molecule has 2 aliphatic rings.